The molecule has 2 nitrogen and oxygen atoms in total. The summed E-state index contributed by atoms with van der Waals surface area (Å²) < 4.78 is 0. The van der Waals surface area contributed by atoms with E-state index in [-0.39, 0.29) is 17.2 Å². The first-order chi connectivity index (χ1) is 8.89. The minimum Gasteiger partial charge on any atom is -0.508 e. The van der Waals surface area contributed by atoms with Gasteiger partial charge in [-0.15, -0.1) is 0 Å². The number of aromatic hydroxyl groups is 1. The van der Waals surface area contributed by atoms with Crippen LogP contribution in [-0.2, 0) is 0 Å². The Bertz CT molecular complexity index is 555. The zero-order chi connectivity index (χ0) is 14.0. The lowest BCUT2D eigenvalue weighted by Gasteiger charge is -2.28. The van der Waals surface area contributed by atoms with Gasteiger partial charge in [-0.3, -0.25) is 0 Å². The molecule has 0 heterocycles. The van der Waals surface area contributed by atoms with E-state index in [1.165, 1.54) is 0 Å². The topological polar surface area (TPSA) is 46.2 Å². The number of nitrogens with two attached hydrogens (primary N) is 1. The molecular weight excluding hydrogens is 234 g/mol. The summed E-state index contributed by atoms with van der Waals surface area (Å²) in [5, 5.41) is 10.0. The second kappa shape index (κ2) is 5.06. The summed E-state index contributed by atoms with van der Waals surface area (Å²) in [6.07, 6.45) is 0. The first kappa shape index (κ1) is 13.6. The van der Waals surface area contributed by atoms with Crippen molar-refractivity contribution in [3.63, 3.8) is 0 Å². The van der Waals surface area contributed by atoms with Crippen molar-refractivity contribution in [1.82, 2.24) is 0 Å². The zero-order valence-electron chi connectivity index (χ0n) is 11.7. The Morgan fingerprint density at radius 2 is 1.58 bits per heavy atom. The molecule has 2 heteroatoms. The lowest BCUT2D eigenvalue weighted by Crippen LogP contribution is -2.26. The zero-order valence-corrected chi connectivity index (χ0v) is 11.7. The van der Waals surface area contributed by atoms with Crippen LogP contribution in [0.5, 0.6) is 5.75 Å². The number of phenolic OH excluding ortho intramolecular Hbond substituents is 1. The highest BCUT2D eigenvalue weighted by atomic mass is 16.3. The number of hydrogen-bond donors (Lipinski definition) is 2. The third-order valence-corrected chi connectivity index (χ3v) is 3.40. The number of benzene rings is 2. The molecule has 0 aromatic heterocycles. The van der Waals surface area contributed by atoms with Crippen LogP contribution in [0.25, 0.3) is 11.1 Å². The maximum atomic E-state index is 10.0. The van der Waals surface area contributed by atoms with Gasteiger partial charge in [-0.05, 0) is 28.7 Å². The van der Waals surface area contributed by atoms with Crippen molar-refractivity contribution in [2.24, 2.45) is 11.1 Å². The lowest BCUT2D eigenvalue weighted by atomic mass is 9.82. The fourth-order valence-electron chi connectivity index (χ4n) is 2.08. The van der Waals surface area contributed by atoms with Crippen LogP contribution in [0, 0.1) is 5.41 Å². The molecule has 2 aromatic carbocycles. The summed E-state index contributed by atoms with van der Waals surface area (Å²) in [6, 6.07) is 15.5. The van der Waals surface area contributed by atoms with Gasteiger partial charge < -0.3 is 10.8 Å². The largest absolute Gasteiger partial charge is 0.508 e. The fraction of sp³-hybridized carbons (Fsp3) is 0.294. The molecule has 0 amide bonds. The molecule has 1 unspecified atom stereocenters. The second-order valence-electron chi connectivity index (χ2n) is 5.98. The second-order valence-corrected chi connectivity index (χ2v) is 5.98. The smallest absolute Gasteiger partial charge is 0.120 e. The van der Waals surface area contributed by atoms with Gasteiger partial charge in [0.2, 0.25) is 0 Å². The van der Waals surface area contributed by atoms with Crippen molar-refractivity contribution in [1.29, 1.82) is 0 Å². The van der Waals surface area contributed by atoms with Crippen molar-refractivity contribution < 1.29 is 5.11 Å². The quantitative estimate of drug-likeness (QED) is 0.848. The highest BCUT2D eigenvalue weighted by molar-refractivity contribution is 5.65. The molecule has 19 heavy (non-hydrogen) atoms. The number of rotatable bonds is 2. The van der Waals surface area contributed by atoms with E-state index in [0.29, 0.717) is 0 Å². The van der Waals surface area contributed by atoms with Crippen molar-refractivity contribution >= 4 is 0 Å². The van der Waals surface area contributed by atoms with Gasteiger partial charge in [0.15, 0.2) is 0 Å². The molecule has 0 saturated heterocycles. The van der Waals surface area contributed by atoms with Gasteiger partial charge in [0.25, 0.3) is 0 Å². The Labute approximate surface area is 114 Å². The number of hydrogen-bond acceptors (Lipinski definition) is 2. The first-order valence-electron chi connectivity index (χ1n) is 6.53. The Kier molecular flexibility index (Phi) is 3.63. The molecule has 2 aromatic rings. The van der Waals surface area contributed by atoms with E-state index in [0.717, 1.165) is 16.7 Å². The van der Waals surface area contributed by atoms with Gasteiger partial charge in [-0.1, -0.05) is 57.2 Å². The Morgan fingerprint density at radius 1 is 0.947 bits per heavy atom. The van der Waals surface area contributed by atoms with Gasteiger partial charge >= 0.3 is 0 Å². The van der Waals surface area contributed by atoms with Crippen LogP contribution < -0.4 is 5.73 Å². The standard InChI is InChI=1S/C17H21NO/c1-17(2,3)16(18)14-11-13(9-10-15(14)19)12-7-5-4-6-8-12/h4-11,16,19H,18H2,1-3H3. The monoisotopic (exact) mass is 255 g/mol. The van der Waals surface area contributed by atoms with E-state index in [4.69, 9.17) is 5.73 Å². The van der Waals surface area contributed by atoms with Crippen LogP contribution in [0.4, 0.5) is 0 Å². The molecule has 2 rings (SSSR count). The van der Waals surface area contributed by atoms with E-state index in [1.54, 1.807) is 6.07 Å². The van der Waals surface area contributed by atoms with E-state index in [9.17, 15) is 5.11 Å². The predicted octanol–water partition coefficient (Wildman–Crippen LogP) is 4.11. The predicted molar refractivity (Wildman–Crippen MR) is 79.9 cm³/mol. The van der Waals surface area contributed by atoms with Gasteiger partial charge in [-0.2, -0.15) is 0 Å². The maximum Gasteiger partial charge on any atom is 0.120 e. The highest BCUT2D eigenvalue weighted by Crippen LogP contribution is 2.37. The first-order valence-corrected chi connectivity index (χ1v) is 6.53. The van der Waals surface area contributed by atoms with Gasteiger partial charge in [0, 0.05) is 11.6 Å². The average molecular weight is 255 g/mol. The van der Waals surface area contributed by atoms with Crippen molar-refractivity contribution in [2.75, 3.05) is 0 Å². The third kappa shape index (κ3) is 2.96. The van der Waals surface area contributed by atoms with Crippen molar-refractivity contribution in [2.45, 2.75) is 26.8 Å². The molecule has 0 fully saturated rings. The Morgan fingerprint density at radius 3 is 2.16 bits per heavy atom. The van der Waals surface area contributed by atoms with Crippen LogP contribution in [0.2, 0.25) is 0 Å². The minimum atomic E-state index is -0.198. The molecule has 0 aliphatic carbocycles. The summed E-state index contributed by atoms with van der Waals surface area (Å²) >= 11 is 0. The molecule has 100 valence electrons. The summed E-state index contributed by atoms with van der Waals surface area (Å²) in [5.41, 5.74) is 9.18. The highest BCUT2D eigenvalue weighted by Gasteiger charge is 2.24. The molecule has 0 saturated carbocycles. The van der Waals surface area contributed by atoms with Gasteiger partial charge in [0.05, 0.1) is 0 Å². The molecule has 0 radical (unpaired) electrons. The Balaban J connectivity index is 2.47. The molecule has 0 aliphatic rings. The SMILES string of the molecule is CC(C)(C)C(N)c1cc(-c2ccccc2)ccc1O. The van der Waals surface area contributed by atoms with E-state index < -0.39 is 0 Å². The van der Waals surface area contributed by atoms with Gasteiger partial charge in [-0.25, -0.2) is 0 Å². The van der Waals surface area contributed by atoms with Crippen LogP contribution in [-0.4, -0.2) is 5.11 Å². The van der Waals surface area contributed by atoms with Crippen LogP contribution >= 0.6 is 0 Å². The van der Waals surface area contributed by atoms with Gasteiger partial charge in [0.1, 0.15) is 5.75 Å². The molecule has 0 aliphatic heterocycles. The molecule has 0 bridgehead atoms. The molecule has 3 N–H and O–H groups in total. The third-order valence-electron chi connectivity index (χ3n) is 3.40. The molecule has 0 spiro atoms. The van der Waals surface area contributed by atoms with Crippen LogP contribution in [0.15, 0.2) is 48.5 Å². The normalized spacial score (nSPS) is 13.3. The Hall–Kier alpha value is -1.80. The molecular formula is C17H21NO. The minimum absolute atomic E-state index is 0.0905. The van der Waals surface area contributed by atoms with E-state index in [1.807, 2.05) is 30.3 Å². The lowest BCUT2D eigenvalue weighted by molar-refractivity contribution is 0.318. The summed E-state index contributed by atoms with van der Waals surface area (Å²) in [7, 11) is 0. The summed E-state index contributed by atoms with van der Waals surface area (Å²) in [4.78, 5) is 0. The summed E-state index contributed by atoms with van der Waals surface area (Å²) in [6.45, 7) is 6.23. The van der Waals surface area contributed by atoms with Crippen molar-refractivity contribution in [3.05, 3.63) is 54.1 Å². The average Bonchev–Trinajstić information content (AvgIpc) is 2.38. The number of phenols is 1. The summed E-state index contributed by atoms with van der Waals surface area (Å²) in [5.74, 6) is 0.266. The maximum absolute atomic E-state index is 10.0. The van der Waals surface area contributed by atoms with Crippen LogP contribution in [0.3, 0.4) is 0 Å². The van der Waals surface area contributed by atoms with Crippen LogP contribution in [0.1, 0.15) is 32.4 Å². The van der Waals surface area contributed by atoms with E-state index >= 15 is 0 Å². The fourth-order valence-corrected chi connectivity index (χ4v) is 2.08. The molecule has 1 atom stereocenters. The van der Waals surface area contributed by atoms with Crippen molar-refractivity contribution in [3.8, 4) is 16.9 Å². The van der Waals surface area contributed by atoms with E-state index in [2.05, 4.69) is 32.9 Å².